The van der Waals surface area contributed by atoms with E-state index in [0.29, 0.717) is 6.42 Å². The zero-order valence-corrected chi connectivity index (χ0v) is 11.7. The Hall–Kier alpha value is 0.0900. The molecule has 6 heteroatoms. The van der Waals surface area contributed by atoms with Crippen LogP contribution in [0.4, 0.5) is 0 Å². The fraction of sp³-hybridized carbons (Fsp3) is 0.556. The van der Waals surface area contributed by atoms with E-state index in [1.54, 1.807) is 11.3 Å². The van der Waals surface area contributed by atoms with Crippen molar-refractivity contribution in [3.8, 4) is 0 Å². The average Bonchev–Trinajstić information content (AvgIpc) is 2.49. The lowest BCUT2D eigenvalue weighted by molar-refractivity contribution is 0.594. The second-order valence-electron chi connectivity index (χ2n) is 3.42. The molecular formula is C9H14BrNO2S2. The van der Waals surface area contributed by atoms with Crippen LogP contribution >= 0.6 is 27.3 Å². The van der Waals surface area contributed by atoms with Crippen molar-refractivity contribution >= 4 is 37.1 Å². The zero-order valence-electron chi connectivity index (χ0n) is 8.49. The first-order chi connectivity index (χ1) is 6.97. The van der Waals surface area contributed by atoms with Gasteiger partial charge in [0.1, 0.15) is 9.84 Å². The van der Waals surface area contributed by atoms with E-state index in [2.05, 4.69) is 32.7 Å². The minimum atomic E-state index is -2.81. The highest BCUT2D eigenvalue weighted by atomic mass is 79.9. The van der Waals surface area contributed by atoms with Gasteiger partial charge in [0, 0.05) is 12.8 Å². The molecule has 0 bridgehead atoms. The normalized spacial score (nSPS) is 11.9. The third kappa shape index (κ3) is 6.29. The maximum atomic E-state index is 10.8. The van der Waals surface area contributed by atoms with Crippen molar-refractivity contribution in [2.24, 2.45) is 0 Å². The Morgan fingerprint density at radius 3 is 2.80 bits per heavy atom. The molecule has 86 valence electrons. The predicted octanol–water partition coefficient (Wildman–Crippen LogP) is 2.03. The van der Waals surface area contributed by atoms with Gasteiger partial charge >= 0.3 is 0 Å². The Morgan fingerprint density at radius 2 is 2.27 bits per heavy atom. The van der Waals surface area contributed by atoms with Gasteiger partial charge in [-0.15, -0.1) is 11.3 Å². The maximum absolute atomic E-state index is 10.8. The van der Waals surface area contributed by atoms with Crippen LogP contribution in [0.1, 0.15) is 12.0 Å². The lowest BCUT2D eigenvalue weighted by Gasteiger charge is -2.01. The van der Waals surface area contributed by atoms with Gasteiger partial charge in [0.15, 0.2) is 0 Å². The summed E-state index contributed by atoms with van der Waals surface area (Å²) in [4.78, 5) is 0. The van der Waals surface area contributed by atoms with Crippen molar-refractivity contribution in [3.05, 3.63) is 20.8 Å². The van der Waals surface area contributed by atoms with Crippen LogP contribution in [-0.4, -0.2) is 27.0 Å². The van der Waals surface area contributed by atoms with Crippen molar-refractivity contribution in [2.45, 2.75) is 13.0 Å². The summed E-state index contributed by atoms with van der Waals surface area (Å²) in [6.07, 6.45) is 1.94. The lowest BCUT2D eigenvalue weighted by Crippen LogP contribution is -2.17. The van der Waals surface area contributed by atoms with E-state index < -0.39 is 9.84 Å². The first kappa shape index (κ1) is 13.2. The number of nitrogens with one attached hydrogen (secondary N) is 1. The van der Waals surface area contributed by atoms with E-state index in [1.807, 2.05) is 0 Å². The minimum Gasteiger partial charge on any atom is -0.313 e. The molecule has 1 heterocycles. The molecule has 0 aliphatic rings. The molecule has 1 rings (SSSR count). The number of thiophene rings is 1. The van der Waals surface area contributed by atoms with E-state index in [0.717, 1.165) is 16.9 Å². The van der Waals surface area contributed by atoms with Gasteiger partial charge in [-0.2, -0.15) is 0 Å². The number of hydrogen-bond donors (Lipinski definition) is 1. The van der Waals surface area contributed by atoms with E-state index in [4.69, 9.17) is 0 Å². The fourth-order valence-electron chi connectivity index (χ4n) is 1.13. The van der Waals surface area contributed by atoms with Gasteiger partial charge in [-0.3, -0.25) is 0 Å². The van der Waals surface area contributed by atoms with Gasteiger partial charge in [-0.1, -0.05) is 0 Å². The average molecular weight is 312 g/mol. The van der Waals surface area contributed by atoms with E-state index >= 15 is 0 Å². The molecule has 3 nitrogen and oxygen atoms in total. The van der Waals surface area contributed by atoms with E-state index in [1.165, 1.54) is 11.8 Å². The largest absolute Gasteiger partial charge is 0.313 e. The van der Waals surface area contributed by atoms with Crippen molar-refractivity contribution in [1.82, 2.24) is 5.32 Å². The SMILES string of the molecule is CS(=O)(=O)CCCNCc1csc(Br)c1. The van der Waals surface area contributed by atoms with Crippen LogP contribution in [-0.2, 0) is 16.4 Å². The molecule has 0 aliphatic heterocycles. The molecule has 1 N–H and O–H groups in total. The monoisotopic (exact) mass is 311 g/mol. The Kier molecular flexibility index (Phi) is 5.25. The lowest BCUT2D eigenvalue weighted by atomic mass is 10.3. The predicted molar refractivity (Wildman–Crippen MR) is 68.1 cm³/mol. The van der Waals surface area contributed by atoms with Crippen LogP contribution in [0.25, 0.3) is 0 Å². The summed E-state index contributed by atoms with van der Waals surface area (Å²) in [5.74, 6) is 0.257. The van der Waals surface area contributed by atoms with Crippen LogP contribution in [0.15, 0.2) is 15.2 Å². The smallest absolute Gasteiger partial charge is 0.147 e. The molecule has 0 saturated carbocycles. The van der Waals surface area contributed by atoms with Gasteiger partial charge in [0.25, 0.3) is 0 Å². The van der Waals surface area contributed by atoms with Crippen LogP contribution < -0.4 is 5.32 Å². The van der Waals surface area contributed by atoms with Gasteiger partial charge < -0.3 is 5.32 Å². The molecule has 0 aliphatic carbocycles. The van der Waals surface area contributed by atoms with Crippen LogP contribution in [0.2, 0.25) is 0 Å². The molecule has 0 amide bonds. The van der Waals surface area contributed by atoms with Crippen molar-refractivity contribution in [1.29, 1.82) is 0 Å². The summed E-state index contributed by atoms with van der Waals surface area (Å²) in [7, 11) is -2.81. The summed E-state index contributed by atoms with van der Waals surface area (Å²) < 4.78 is 22.8. The standard InChI is InChI=1S/C9H14BrNO2S2/c1-15(12,13)4-2-3-11-6-8-5-9(10)14-7-8/h5,7,11H,2-4,6H2,1H3. The molecule has 0 aromatic carbocycles. The summed E-state index contributed by atoms with van der Waals surface area (Å²) in [5, 5.41) is 5.29. The molecule has 0 fully saturated rings. The molecule has 1 aromatic rings. The number of rotatable bonds is 6. The number of sulfone groups is 1. The summed E-state index contributed by atoms with van der Waals surface area (Å²) in [6, 6.07) is 2.06. The second-order valence-corrected chi connectivity index (χ2v) is 7.97. The molecule has 0 radical (unpaired) electrons. The molecular weight excluding hydrogens is 298 g/mol. The van der Waals surface area contributed by atoms with Gasteiger partial charge in [-0.05, 0) is 45.9 Å². The van der Waals surface area contributed by atoms with Crippen molar-refractivity contribution in [2.75, 3.05) is 18.6 Å². The number of hydrogen-bond acceptors (Lipinski definition) is 4. The minimum absolute atomic E-state index is 0.257. The highest BCUT2D eigenvalue weighted by molar-refractivity contribution is 9.11. The Morgan fingerprint density at radius 1 is 1.53 bits per heavy atom. The zero-order chi connectivity index (χ0) is 11.3. The highest BCUT2D eigenvalue weighted by Gasteiger charge is 2.01. The van der Waals surface area contributed by atoms with Gasteiger partial charge in [0.05, 0.1) is 9.54 Å². The van der Waals surface area contributed by atoms with Crippen molar-refractivity contribution < 1.29 is 8.42 Å². The fourth-order valence-corrected chi connectivity index (χ4v) is 3.01. The summed E-state index contributed by atoms with van der Waals surface area (Å²) >= 11 is 5.05. The number of halogens is 1. The molecule has 0 saturated heterocycles. The Balaban J connectivity index is 2.12. The molecule has 1 aromatic heterocycles. The molecule has 0 atom stereocenters. The van der Waals surface area contributed by atoms with Gasteiger partial charge in [-0.25, -0.2) is 8.42 Å². The third-order valence-electron chi connectivity index (χ3n) is 1.82. The van der Waals surface area contributed by atoms with E-state index in [-0.39, 0.29) is 5.75 Å². The first-order valence-electron chi connectivity index (χ1n) is 4.59. The topological polar surface area (TPSA) is 46.2 Å². The maximum Gasteiger partial charge on any atom is 0.147 e. The molecule has 15 heavy (non-hydrogen) atoms. The second kappa shape index (κ2) is 5.98. The molecule has 0 spiro atoms. The van der Waals surface area contributed by atoms with Crippen LogP contribution in [0.5, 0.6) is 0 Å². The highest BCUT2D eigenvalue weighted by Crippen LogP contribution is 2.20. The quantitative estimate of drug-likeness (QED) is 0.818. The third-order valence-corrected chi connectivity index (χ3v) is 4.40. The molecule has 0 unspecified atom stereocenters. The van der Waals surface area contributed by atoms with Crippen LogP contribution in [0.3, 0.4) is 0 Å². The van der Waals surface area contributed by atoms with Crippen LogP contribution in [0, 0.1) is 0 Å². The Bertz CT molecular complexity index is 400. The summed E-state index contributed by atoms with van der Waals surface area (Å²) in [5.41, 5.74) is 1.23. The van der Waals surface area contributed by atoms with Crippen molar-refractivity contribution in [3.63, 3.8) is 0 Å². The van der Waals surface area contributed by atoms with E-state index in [9.17, 15) is 8.42 Å². The summed E-state index contributed by atoms with van der Waals surface area (Å²) in [6.45, 7) is 1.53. The van der Waals surface area contributed by atoms with Gasteiger partial charge in [0.2, 0.25) is 0 Å². The Labute approximate surface area is 103 Å². The first-order valence-corrected chi connectivity index (χ1v) is 8.32.